The van der Waals surface area contributed by atoms with Crippen LogP contribution in [-0.4, -0.2) is 73.8 Å². The molecule has 11 heteroatoms. The van der Waals surface area contributed by atoms with E-state index in [0.29, 0.717) is 97.2 Å². The Kier molecular flexibility index (Phi) is 11.8. The van der Waals surface area contributed by atoms with Crippen molar-refractivity contribution >= 4 is 28.7 Å². The quantitative estimate of drug-likeness (QED) is 0.291. The Labute approximate surface area is 239 Å². The van der Waals surface area contributed by atoms with Crippen LogP contribution in [0.15, 0.2) is 29.3 Å². The number of aliphatic imine (C=N–C) groups is 1. The topological polar surface area (TPSA) is 105 Å². The molecule has 0 atom stereocenters. The molecule has 0 aliphatic carbocycles. The predicted molar refractivity (Wildman–Crippen MR) is 155 cm³/mol. The molecule has 2 aromatic carbocycles. The van der Waals surface area contributed by atoms with Crippen molar-refractivity contribution in [3.63, 3.8) is 0 Å². The maximum absolute atomic E-state index is 13.7. The molecular weight excluding hydrogens is 536 g/mol. The average molecular weight is 575 g/mol. The Morgan fingerprint density at radius 3 is 1.48 bits per heavy atom. The summed E-state index contributed by atoms with van der Waals surface area (Å²) < 4.78 is 34.5. The highest BCUT2D eigenvalue weighted by Gasteiger charge is 2.30. The Morgan fingerprint density at radius 2 is 1.07 bits per heavy atom. The number of benzene rings is 2. The molecule has 1 fully saturated rings. The van der Waals surface area contributed by atoms with Crippen molar-refractivity contribution in [3.8, 4) is 34.5 Å². The number of ether oxygens (including phenoxy) is 6. The third-order valence-corrected chi connectivity index (χ3v) is 6.49. The average Bonchev–Trinajstić information content (AvgIpc) is 3.40. The number of hydrogen-bond acceptors (Lipinski definition) is 9. The van der Waals surface area contributed by atoms with Crippen LogP contribution < -0.4 is 28.4 Å². The fourth-order valence-corrected chi connectivity index (χ4v) is 4.95. The lowest BCUT2D eigenvalue weighted by atomic mass is 10.1. The fraction of sp³-hybridized carbons (Fsp3) is 0.483. The van der Waals surface area contributed by atoms with Gasteiger partial charge in [0.05, 0.1) is 39.6 Å². The normalized spacial score (nSPS) is 13.8. The first-order chi connectivity index (χ1) is 19.4. The summed E-state index contributed by atoms with van der Waals surface area (Å²) in [5.74, 6) is 2.27. The van der Waals surface area contributed by atoms with Crippen LogP contribution in [0.25, 0.3) is 0 Å². The molecule has 0 bridgehead atoms. The van der Waals surface area contributed by atoms with Crippen LogP contribution >= 0.6 is 11.8 Å². The van der Waals surface area contributed by atoms with Crippen molar-refractivity contribution in [2.24, 2.45) is 4.99 Å². The van der Waals surface area contributed by atoms with E-state index in [-0.39, 0.29) is 11.5 Å². The first-order valence-corrected chi connectivity index (χ1v) is 14.6. The zero-order valence-corrected chi connectivity index (χ0v) is 24.9. The SMILES string of the molecule is CCOc1cc(C(=O)N=C2SCCN2C(=O)c2cc(OCC)c(OCC)c(OCC)c2)cc(OCC)c1OCC. The fourth-order valence-electron chi connectivity index (χ4n) is 4.01. The van der Waals surface area contributed by atoms with Gasteiger partial charge in [0.1, 0.15) is 0 Å². The van der Waals surface area contributed by atoms with Crippen molar-refractivity contribution in [2.45, 2.75) is 41.5 Å². The molecule has 218 valence electrons. The third-order valence-electron chi connectivity index (χ3n) is 5.53. The molecule has 3 rings (SSSR count). The van der Waals surface area contributed by atoms with Crippen molar-refractivity contribution in [2.75, 3.05) is 51.9 Å². The van der Waals surface area contributed by atoms with E-state index in [1.807, 2.05) is 41.5 Å². The van der Waals surface area contributed by atoms with Gasteiger partial charge in [0.2, 0.25) is 11.5 Å². The molecule has 40 heavy (non-hydrogen) atoms. The van der Waals surface area contributed by atoms with Gasteiger partial charge in [-0.05, 0) is 65.8 Å². The van der Waals surface area contributed by atoms with Gasteiger partial charge < -0.3 is 28.4 Å². The Morgan fingerprint density at radius 1 is 0.675 bits per heavy atom. The molecule has 2 amide bonds. The zero-order chi connectivity index (χ0) is 29.1. The summed E-state index contributed by atoms with van der Waals surface area (Å²) in [6.07, 6.45) is 0. The zero-order valence-electron chi connectivity index (χ0n) is 24.0. The summed E-state index contributed by atoms with van der Waals surface area (Å²) in [4.78, 5) is 32.8. The molecular formula is C29H38N2O8S. The second kappa shape index (κ2) is 15.3. The van der Waals surface area contributed by atoms with Gasteiger partial charge in [0.25, 0.3) is 11.8 Å². The van der Waals surface area contributed by atoms with Gasteiger partial charge in [0.15, 0.2) is 28.2 Å². The molecule has 10 nitrogen and oxygen atoms in total. The van der Waals surface area contributed by atoms with Gasteiger partial charge in [-0.1, -0.05) is 11.8 Å². The van der Waals surface area contributed by atoms with Crippen molar-refractivity contribution in [1.29, 1.82) is 0 Å². The molecule has 2 aromatic rings. The van der Waals surface area contributed by atoms with Gasteiger partial charge in [0, 0.05) is 23.4 Å². The Hall–Kier alpha value is -3.60. The lowest BCUT2D eigenvalue weighted by Crippen LogP contribution is -2.32. The largest absolute Gasteiger partial charge is 0.490 e. The van der Waals surface area contributed by atoms with Crippen LogP contribution in [0.4, 0.5) is 0 Å². The number of amidine groups is 1. The lowest BCUT2D eigenvalue weighted by molar-refractivity contribution is 0.0857. The van der Waals surface area contributed by atoms with Crippen LogP contribution in [0.5, 0.6) is 34.5 Å². The van der Waals surface area contributed by atoms with Gasteiger partial charge in [-0.2, -0.15) is 4.99 Å². The maximum atomic E-state index is 13.7. The first kappa shape index (κ1) is 30.9. The monoisotopic (exact) mass is 574 g/mol. The Balaban J connectivity index is 1.97. The van der Waals surface area contributed by atoms with Gasteiger partial charge in [-0.15, -0.1) is 0 Å². The highest BCUT2D eigenvalue weighted by atomic mass is 32.2. The number of amides is 2. The number of nitrogens with zero attached hydrogens (tertiary/aromatic N) is 2. The molecule has 0 saturated carbocycles. The number of carbonyl (C=O) groups excluding carboxylic acids is 2. The molecule has 0 unspecified atom stereocenters. The van der Waals surface area contributed by atoms with E-state index in [1.165, 1.54) is 16.7 Å². The summed E-state index contributed by atoms with van der Waals surface area (Å²) in [5.41, 5.74) is 0.609. The highest BCUT2D eigenvalue weighted by Crippen LogP contribution is 2.41. The lowest BCUT2D eigenvalue weighted by Gasteiger charge is -2.20. The van der Waals surface area contributed by atoms with Crippen LogP contribution in [0, 0.1) is 0 Å². The summed E-state index contributed by atoms with van der Waals surface area (Å²) in [7, 11) is 0. The van der Waals surface area contributed by atoms with E-state index in [1.54, 1.807) is 24.3 Å². The van der Waals surface area contributed by atoms with E-state index < -0.39 is 5.91 Å². The van der Waals surface area contributed by atoms with Crippen LogP contribution in [0.2, 0.25) is 0 Å². The second-order valence-corrected chi connectivity index (χ2v) is 9.27. The number of rotatable bonds is 14. The number of thioether (sulfide) groups is 1. The summed E-state index contributed by atoms with van der Waals surface area (Å²) in [6.45, 7) is 13.9. The van der Waals surface area contributed by atoms with Crippen LogP contribution in [0.1, 0.15) is 62.3 Å². The maximum Gasteiger partial charge on any atom is 0.279 e. The molecule has 0 radical (unpaired) electrons. The Bertz CT molecular complexity index is 1160. The van der Waals surface area contributed by atoms with Gasteiger partial charge >= 0.3 is 0 Å². The van der Waals surface area contributed by atoms with E-state index in [0.717, 1.165) is 0 Å². The van der Waals surface area contributed by atoms with E-state index in [2.05, 4.69) is 4.99 Å². The molecule has 1 heterocycles. The second-order valence-electron chi connectivity index (χ2n) is 8.21. The van der Waals surface area contributed by atoms with Gasteiger partial charge in [-0.3, -0.25) is 14.5 Å². The van der Waals surface area contributed by atoms with E-state index in [4.69, 9.17) is 28.4 Å². The molecule has 0 N–H and O–H groups in total. The molecule has 1 aliphatic heterocycles. The molecule has 1 aliphatic rings. The predicted octanol–water partition coefficient (Wildman–Crippen LogP) is 5.46. The summed E-state index contributed by atoms with van der Waals surface area (Å²) in [5, 5.41) is 0.310. The third kappa shape index (κ3) is 7.32. The summed E-state index contributed by atoms with van der Waals surface area (Å²) in [6, 6.07) is 6.45. The minimum Gasteiger partial charge on any atom is -0.490 e. The van der Waals surface area contributed by atoms with E-state index >= 15 is 0 Å². The van der Waals surface area contributed by atoms with Crippen molar-refractivity contribution in [1.82, 2.24) is 4.90 Å². The van der Waals surface area contributed by atoms with Crippen molar-refractivity contribution in [3.05, 3.63) is 35.4 Å². The van der Waals surface area contributed by atoms with Crippen molar-refractivity contribution < 1.29 is 38.0 Å². The number of hydrogen-bond donors (Lipinski definition) is 0. The summed E-state index contributed by atoms with van der Waals surface area (Å²) >= 11 is 1.34. The highest BCUT2D eigenvalue weighted by molar-refractivity contribution is 8.14. The molecule has 1 saturated heterocycles. The smallest absolute Gasteiger partial charge is 0.279 e. The minimum atomic E-state index is -0.524. The minimum absolute atomic E-state index is 0.265. The molecule has 0 spiro atoms. The van der Waals surface area contributed by atoms with Gasteiger partial charge in [-0.25, -0.2) is 0 Å². The standard InChI is InChI=1S/C29H38N2O8S/c1-7-34-21-15-19(16-22(35-8-2)25(21)38-11-5)27(32)30-29-31(13-14-40-29)28(33)20-17-23(36-9-3)26(39-12-6)24(18-20)37-10-4/h15-18H,7-14H2,1-6H3. The molecule has 0 aromatic heterocycles. The van der Waals surface area contributed by atoms with E-state index in [9.17, 15) is 9.59 Å². The number of carbonyl (C=O) groups is 2. The van der Waals surface area contributed by atoms with Crippen LogP contribution in [0.3, 0.4) is 0 Å². The van der Waals surface area contributed by atoms with Crippen LogP contribution in [-0.2, 0) is 0 Å². The first-order valence-electron chi connectivity index (χ1n) is 13.6.